The summed E-state index contributed by atoms with van der Waals surface area (Å²) in [7, 11) is 0. The number of carboxylic acid groups (broad SMARTS) is 1. The van der Waals surface area contributed by atoms with Gasteiger partial charge in [-0.3, -0.25) is 0 Å². The highest BCUT2D eigenvalue weighted by Crippen LogP contribution is 2.23. The van der Waals surface area contributed by atoms with Gasteiger partial charge in [-0.05, 0) is 23.8 Å². The van der Waals surface area contributed by atoms with Crippen LogP contribution in [0, 0.1) is 0 Å². The Labute approximate surface area is 166 Å². The highest BCUT2D eigenvalue weighted by Gasteiger charge is 2.15. The van der Waals surface area contributed by atoms with Gasteiger partial charge in [0.05, 0.1) is 36.4 Å². The summed E-state index contributed by atoms with van der Waals surface area (Å²) in [4.78, 5) is 20.8. The summed E-state index contributed by atoms with van der Waals surface area (Å²) < 4.78 is 10.4. The van der Waals surface area contributed by atoms with Crippen LogP contribution in [0.2, 0.25) is 0 Å². The van der Waals surface area contributed by atoms with Gasteiger partial charge in [-0.25, -0.2) is 14.8 Å². The van der Waals surface area contributed by atoms with Crippen molar-refractivity contribution in [2.45, 2.75) is 6.42 Å². The second-order valence-electron chi connectivity index (χ2n) is 6.23. The zero-order valence-corrected chi connectivity index (χ0v) is 15.3. The number of furan rings is 2. The van der Waals surface area contributed by atoms with Gasteiger partial charge in [0.2, 0.25) is 0 Å². The van der Waals surface area contributed by atoms with Crippen LogP contribution in [0.3, 0.4) is 0 Å². The Balaban J connectivity index is 1.72. The number of nitrogens with one attached hydrogen (secondary N) is 1. The van der Waals surface area contributed by atoms with Crippen molar-refractivity contribution in [1.82, 2.24) is 9.97 Å². The molecule has 3 heterocycles. The highest BCUT2D eigenvalue weighted by molar-refractivity contribution is 5.95. The number of carboxylic acids is 1. The predicted octanol–water partition coefficient (Wildman–Crippen LogP) is 4.46. The Bertz CT molecular complexity index is 1120. The lowest BCUT2D eigenvalue weighted by molar-refractivity contribution is -0.132. The van der Waals surface area contributed by atoms with Gasteiger partial charge in [0.15, 0.2) is 5.82 Å². The Kier molecular flexibility index (Phi) is 5.20. The van der Waals surface area contributed by atoms with Crippen LogP contribution in [0.25, 0.3) is 17.3 Å². The van der Waals surface area contributed by atoms with E-state index in [1.807, 2.05) is 30.3 Å². The van der Waals surface area contributed by atoms with E-state index < -0.39 is 5.97 Å². The summed E-state index contributed by atoms with van der Waals surface area (Å²) in [6.07, 6.45) is 8.09. The second-order valence-corrected chi connectivity index (χ2v) is 6.23. The van der Waals surface area contributed by atoms with Crippen molar-refractivity contribution in [3.63, 3.8) is 0 Å². The maximum Gasteiger partial charge on any atom is 0.352 e. The molecule has 3 aromatic heterocycles. The van der Waals surface area contributed by atoms with Crippen LogP contribution >= 0.6 is 0 Å². The number of aliphatic carboxylic acids is 1. The molecule has 0 saturated carbocycles. The van der Waals surface area contributed by atoms with E-state index in [0.29, 0.717) is 29.4 Å². The molecular formula is C22H17N3O4. The number of nitrogens with zero attached hydrogens (tertiary/aromatic N) is 2. The fraction of sp³-hybridized carbons (Fsp3) is 0.0455. The van der Waals surface area contributed by atoms with E-state index in [9.17, 15) is 9.90 Å². The molecule has 0 amide bonds. The predicted molar refractivity (Wildman–Crippen MR) is 107 cm³/mol. The van der Waals surface area contributed by atoms with Crippen molar-refractivity contribution in [3.8, 4) is 11.3 Å². The first kappa shape index (κ1) is 18.2. The fourth-order valence-electron chi connectivity index (χ4n) is 2.79. The maximum atomic E-state index is 11.7. The summed E-state index contributed by atoms with van der Waals surface area (Å²) in [5.74, 6) is -0.350. The minimum Gasteiger partial charge on any atom is -0.477 e. The molecule has 2 N–H and O–H groups in total. The minimum atomic E-state index is -1.13. The number of aromatic nitrogens is 2. The molecule has 0 unspecified atom stereocenters. The van der Waals surface area contributed by atoms with Gasteiger partial charge < -0.3 is 19.3 Å². The van der Waals surface area contributed by atoms with Crippen molar-refractivity contribution >= 4 is 17.9 Å². The van der Waals surface area contributed by atoms with E-state index in [1.54, 1.807) is 36.9 Å². The smallest absolute Gasteiger partial charge is 0.352 e. The lowest BCUT2D eigenvalue weighted by Crippen LogP contribution is -2.14. The first-order valence-corrected chi connectivity index (χ1v) is 8.87. The van der Waals surface area contributed by atoms with Crippen molar-refractivity contribution in [3.05, 3.63) is 96.2 Å². The van der Waals surface area contributed by atoms with Gasteiger partial charge >= 0.3 is 5.97 Å². The molecule has 29 heavy (non-hydrogen) atoms. The fourth-order valence-corrected chi connectivity index (χ4v) is 2.79. The van der Waals surface area contributed by atoms with Crippen molar-refractivity contribution < 1.29 is 18.7 Å². The SMILES string of the molecule is O=C(O)C(=Cc1ccco1)Nc1ncc(-c2ccoc2)nc1Cc1ccccc1. The van der Waals surface area contributed by atoms with E-state index in [-0.39, 0.29) is 5.70 Å². The molecule has 0 radical (unpaired) electrons. The molecular weight excluding hydrogens is 370 g/mol. The second kappa shape index (κ2) is 8.26. The molecule has 0 atom stereocenters. The normalized spacial score (nSPS) is 11.4. The number of anilines is 1. The first-order chi connectivity index (χ1) is 14.2. The van der Waals surface area contributed by atoms with E-state index in [4.69, 9.17) is 13.8 Å². The summed E-state index contributed by atoms with van der Waals surface area (Å²) in [6, 6.07) is 14.9. The van der Waals surface area contributed by atoms with E-state index in [2.05, 4.69) is 10.3 Å². The topological polar surface area (TPSA) is 101 Å². The average molecular weight is 387 g/mol. The average Bonchev–Trinajstić information content (AvgIpc) is 3.43. The Morgan fingerprint density at radius 1 is 1.10 bits per heavy atom. The molecule has 0 bridgehead atoms. The van der Waals surface area contributed by atoms with Gasteiger partial charge in [-0.15, -0.1) is 0 Å². The Morgan fingerprint density at radius 2 is 1.97 bits per heavy atom. The number of rotatable bonds is 7. The molecule has 144 valence electrons. The Hall–Kier alpha value is -4.13. The molecule has 0 aliphatic heterocycles. The molecule has 0 spiro atoms. The molecule has 7 heteroatoms. The third-order valence-electron chi connectivity index (χ3n) is 4.19. The zero-order chi connectivity index (χ0) is 20.1. The molecule has 0 fully saturated rings. The number of benzene rings is 1. The van der Waals surface area contributed by atoms with Gasteiger partial charge in [-0.2, -0.15) is 0 Å². The molecule has 4 rings (SSSR count). The van der Waals surface area contributed by atoms with Crippen LogP contribution in [0.4, 0.5) is 5.82 Å². The lowest BCUT2D eigenvalue weighted by atomic mass is 10.1. The number of carbonyl (C=O) groups is 1. The molecule has 7 nitrogen and oxygen atoms in total. The first-order valence-electron chi connectivity index (χ1n) is 8.87. The molecule has 0 saturated heterocycles. The number of hydrogen-bond donors (Lipinski definition) is 2. The summed E-state index contributed by atoms with van der Waals surface area (Å²) in [6.45, 7) is 0. The van der Waals surface area contributed by atoms with E-state index in [0.717, 1.165) is 11.1 Å². The van der Waals surface area contributed by atoms with Crippen LogP contribution < -0.4 is 5.32 Å². The lowest BCUT2D eigenvalue weighted by Gasteiger charge is -2.12. The quantitative estimate of drug-likeness (QED) is 0.452. The highest BCUT2D eigenvalue weighted by atomic mass is 16.4. The zero-order valence-electron chi connectivity index (χ0n) is 15.3. The van der Waals surface area contributed by atoms with Crippen molar-refractivity contribution in [2.75, 3.05) is 5.32 Å². The monoisotopic (exact) mass is 387 g/mol. The molecule has 0 aliphatic carbocycles. The third-order valence-corrected chi connectivity index (χ3v) is 4.19. The largest absolute Gasteiger partial charge is 0.477 e. The van der Waals surface area contributed by atoms with Gasteiger partial charge in [0, 0.05) is 18.1 Å². The number of hydrogen-bond acceptors (Lipinski definition) is 6. The van der Waals surface area contributed by atoms with Crippen molar-refractivity contribution in [1.29, 1.82) is 0 Å². The maximum absolute atomic E-state index is 11.7. The van der Waals surface area contributed by atoms with Crippen LogP contribution in [0.5, 0.6) is 0 Å². The molecule has 4 aromatic rings. The van der Waals surface area contributed by atoms with Crippen LogP contribution in [-0.4, -0.2) is 21.0 Å². The van der Waals surface area contributed by atoms with E-state index in [1.165, 1.54) is 12.3 Å². The minimum absolute atomic E-state index is 0.0698. The standard InChI is InChI=1S/C22H17N3O4/c26-22(27)19(12-17-7-4-9-29-17)25-21-18(11-15-5-2-1-3-6-15)24-20(13-23-21)16-8-10-28-14-16/h1-10,12-14H,11H2,(H,23,25)(H,26,27). The molecule has 1 aromatic carbocycles. The van der Waals surface area contributed by atoms with Crippen LogP contribution in [0.1, 0.15) is 17.0 Å². The van der Waals surface area contributed by atoms with Crippen molar-refractivity contribution in [2.24, 2.45) is 0 Å². The summed E-state index contributed by atoms with van der Waals surface area (Å²) in [5.41, 5.74) is 3.01. The van der Waals surface area contributed by atoms with E-state index >= 15 is 0 Å². The summed E-state index contributed by atoms with van der Waals surface area (Å²) >= 11 is 0. The Morgan fingerprint density at radius 3 is 2.66 bits per heavy atom. The summed E-state index contributed by atoms with van der Waals surface area (Å²) in [5, 5.41) is 12.5. The van der Waals surface area contributed by atoms with Gasteiger partial charge in [-0.1, -0.05) is 30.3 Å². The third kappa shape index (κ3) is 4.41. The van der Waals surface area contributed by atoms with Crippen LogP contribution in [-0.2, 0) is 11.2 Å². The molecule has 0 aliphatic rings. The van der Waals surface area contributed by atoms with Gasteiger partial charge in [0.25, 0.3) is 0 Å². The van der Waals surface area contributed by atoms with Crippen LogP contribution in [0.15, 0.2) is 88.0 Å². The van der Waals surface area contributed by atoms with Gasteiger partial charge in [0.1, 0.15) is 11.5 Å².